The van der Waals surface area contributed by atoms with Gasteiger partial charge < -0.3 is 5.11 Å². The highest BCUT2D eigenvalue weighted by Crippen LogP contribution is 2.39. The van der Waals surface area contributed by atoms with Crippen molar-refractivity contribution in [2.75, 3.05) is 0 Å². The molecule has 0 bridgehead atoms. The fraction of sp³-hybridized carbons (Fsp3) is 0.500. The minimum Gasteiger partial charge on any atom is -0.393 e. The third kappa shape index (κ3) is 2.14. The van der Waals surface area contributed by atoms with Crippen LogP contribution in [-0.4, -0.2) is 27.5 Å². The molecule has 1 fully saturated rings. The number of benzene rings is 1. The smallest absolute Gasteiger partial charge is 0.0986 e. The summed E-state index contributed by atoms with van der Waals surface area (Å²) in [7, 11) is 0. The van der Waals surface area contributed by atoms with E-state index < -0.39 is 0 Å². The molecule has 0 radical (unpaired) electrons. The molecule has 1 aliphatic carbocycles. The number of aliphatic hydroxyl groups is 1. The number of thioether (sulfide) groups is 1. The second-order valence-corrected chi connectivity index (χ2v) is 6.17. The van der Waals surface area contributed by atoms with Crippen molar-refractivity contribution in [3.05, 3.63) is 35.4 Å². The van der Waals surface area contributed by atoms with Gasteiger partial charge in [0.05, 0.1) is 17.2 Å². The summed E-state index contributed by atoms with van der Waals surface area (Å²) in [5.74, 6) is 0. The third-order valence-electron chi connectivity index (χ3n) is 3.65. The molecule has 1 aliphatic heterocycles. The Kier molecular flexibility index (Phi) is 2.97. The predicted octanol–water partition coefficient (Wildman–Crippen LogP) is 2.77. The Morgan fingerprint density at radius 1 is 1.29 bits per heavy atom. The van der Waals surface area contributed by atoms with Crippen LogP contribution in [0, 0.1) is 6.92 Å². The van der Waals surface area contributed by atoms with E-state index in [9.17, 15) is 5.11 Å². The second-order valence-electron chi connectivity index (χ2n) is 4.94. The van der Waals surface area contributed by atoms with Crippen LogP contribution in [0.25, 0.3) is 0 Å². The van der Waals surface area contributed by atoms with Crippen molar-refractivity contribution >= 4 is 16.8 Å². The molecule has 3 atom stereocenters. The molecule has 0 saturated heterocycles. The van der Waals surface area contributed by atoms with E-state index in [1.165, 1.54) is 16.2 Å². The number of aliphatic imine (C=N–C) groups is 1. The molecule has 3 unspecified atom stereocenters. The molecule has 1 saturated carbocycles. The fourth-order valence-corrected chi connectivity index (χ4v) is 4.15. The number of aryl methyl sites for hydroxylation is 1. The van der Waals surface area contributed by atoms with Crippen molar-refractivity contribution in [3.8, 4) is 0 Å². The monoisotopic (exact) mass is 247 g/mol. The van der Waals surface area contributed by atoms with Gasteiger partial charge in [-0.15, -0.1) is 11.8 Å². The van der Waals surface area contributed by atoms with Gasteiger partial charge in [-0.1, -0.05) is 24.3 Å². The largest absolute Gasteiger partial charge is 0.393 e. The van der Waals surface area contributed by atoms with E-state index >= 15 is 0 Å². The van der Waals surface area contributed by atoms with Crippen molar-refractivity contribution in [1.82, 2.24) is 0 Å². The van der Waals surface area contributed by atoms with E-state index in [0.717, 1.165) is 19.3 Å². The van der Waals surface area contributed by atoms with Crippen LogP contribution in [0.4, 0.5) is 0 Å². The molecule has 1 heterocycles. The van der Waals surface area contributed by atoms with Gasteiger partial charge in [-0.3, -0.25) is 4.99 Å². The fourth-order valence-electron chi connectivity index (χ4n) is 2.64. The van der Waals surface area contributed by atoms with Crippen molar-refractivity contribution in [2.45, 2.75) is 43.6 Å². The molecule has 1 N–H and O–H groups in total. The molecule has 3 heteroatoms. The van der Waals surface area contributed by atoms with Crippen molar-refractivity contribution in [1.29, 1.82) is 0 Å². The first-order valence-corrected chi connectivity index (χ1v) is 7.10. The molecular formula is C14H17NOS. The summed E-state index contributed by atoms with van der Waals surface area (Å²) in [5, 5.41) is 11.4. The Bertz CT molecular complexity index is 457. The standard InChI is InChI=1S/C14H17NOS/c1-9-4-2-3-5-11(9)14-15-12-7-6-10(16)8-13(12)17-14/h2-5,10,12-13,16H,6-8H2,1H3. The van der Waals surface area contributed by atoms with Gasteiger partial charge in [-0.05, 0) is 31.7 Å². The normalized spacial score (nSPS) is 32.1. The number of aliphatic hydroxyl groups excluding tert-OH is 1. The maximum atomic E-state index is 9.70. The Labute approximate surface area is 106 Å². The number of nitrogens with zero attached hydrogens (tertiary/aromatic N) is 1. The van der Waals surface area contributed by atoms with E-state index in [1.807, 2.05) is 11.8 Å². The first-order valence-electron chi connectivity index (χ1n) is 6.22. The quantitative estimate of drug-likeness (QED) is 0.827. The predicted molar refractivity (Wildman–Crippen MR) is 72.7 cm³/mol. The number of hydrogen-bond donors (Lipinski definition) is 1. The van der Waals surface area contributed by atoms with Gasteiger partial charge in [0.1, 0.15) is 0 Å². The summed E-state index contributed by atoms with van der Waals surface area (Å²) in [6.07, 6.45) is 2.73. The lowest BCUT2D eigenvalue weighted by molar-refractivity contribution is 0.127. The SMILES string of the molecule is Cc1ccccc1C1=NC2CCC(O)CC2S1. The Morgan fingerprint density at radius 2 is 2.12 bits per heavy atom. The molecule has 2 nitrogen and oxygen atoms in total. The van der Waals surface area contributed by atoms with E-state index in [-0.39, 0.29) is 6.10 Å². The van der Waals surface area contributed by atoms with Crippen LogP contribution < -0.4 is 0 Å². The van der Waals surface area contributed by atoms with Gasteiger partial charge in [0, 0.05) is 10.8 Å². The summed E-state index contributed by atoms with van der Waals surface area (Å²) >= 11 is 1.86. The third-order valence-corrected chi connectivity index (χ3v) is 5.01. The highest BCUT2D eigenvalue weighted by Gasteiger charge is 2.36. The van der Waals surface area contributed by atoms with E-state index in [4.69, 9.17) is 4.99 Å². The lowest BCUT2D eigenvalue weighted by Gasteiger charge is -2.26. The second kappa shape index (κ2) is 4.46. The molecule has 0 amide bonds. The first-order chi connectivity index (χ1) is 8.24. The summed E-state index contributed by atoms with van der Waals surface area (Å²) in [5.41, 5.74) is 2.55. The maximum Gasteiger partial charge on any atom is 0.0986 e. The van der Waals surface area contributed by atoms with E-state index in [1.54, 1.807) is 0 Å². The zero-order chi connectivity index (χ0) is 11.8. The molecule has 2 aliphatic rings. The van der Waals surface area contributed by atoms with E-state index in [2.05, 4.69) is 31.2 Å². The van der Waals surface area contributed by atoms with Crippen LogP contribution in [0.5, 0.6) is 0 Å². The van der Waals surface area contributed by atoms with Crippen LogP contribution in [0.2, 0.25) is 0 Å². The molecule has 0 spiro atoms. The lowest BCUT2D eigenvalue weighted by Crippen LogP contribution is -2.30. The van der Waals surface area contributed by atoms with Crippen molar-refractivity contribution in [3.63, 3.8) is 0 Å². The molecule has 90 valence electrons. The van der Waals surface area contributed by atoms with Crippen LogP contribution in [0.1, 0.15) is 30.4 Å². The van der Waals surface area contributed by atoms with Crippen molar-refractivity contribution in [2.24, 2.45) is 4.99 Å². The molecule has 1 aromatic carbocycles. The Hall–Kier alpha value is -0.800. The molecule has 17 heavy (non-hydrogen) atoms. The molecule has 0 aromatic heterocycles. The zero-order valence-electron chi connectivity index (χ0n) is 9.97. The highest BCUT2D eigenvalue weighted by atomic mass is 32.2. The van der Waals surface area contributed by atoms with Crippen molar-refractivity contribution < 1.29 is 5.11 Å². The van der Waals surface area contributed by atoms with Gasteiger partial charge in [0.25, 0.3) is 0 Å². The summed E-state index contributed by atoms with van der Waals surface area (Å²) < 4.78 is 0. The Morgan fingerprint density at radius 3 is 2.94 bits per heavy atom. The summed E-state index contributed by atoms with van der Waals surface area (Å²) in [4.78, 5) is 4.84. The van der Waals surface area contributed by atoms with Gasteiger partial charge >= 0.3 is 0 Å². The maximum absolute atomic E-state index is 9.70. The minimum atomic E-state index is -0.116. The topological polar surface area (TPSA) is 32.6 Å². The average molecular weight is 247 g/mol. The van der Waals surface area contributed by atoms with E-state index in [0.29, 0.717) is 11.3 Å². The summed E-state index contributed by atoms with van der Waals surface area (Å²) in [6, 6.07) is 8.85. The highest BCUT2D eigenvalue weighted by molar-refractivity contribution is 8.15. The number of fused-ring (bicyclic) bond motifs is 1. The molecule has 1 aromatic rings. The van der Waals surface area contributed by atoms with Gasteiger partial charge in [0.2, 0.25) is 0 Å². The van der Waals surface area contributed by atoms with Crippen LogP contribution in [-0.2, 0) is 0 Å². The van der Waals surface area contributed by atoms with Crippen LogP contribution in [0.15, 0.2) is 29.3 Å². The van der Waals surface area contributed by atoms with Crippen LogP contribution >= 0.6 is 11.8 Å². The Balaban J connectivity index is 1.85. The molecular weight excluding hydrogens is 230 g/mol. The average Bonchev–Trinajstić information content (AvgIpc) is 2.72. The first kappa shape index (κ1) is 11.3. The lowest BCUT2D eigenvalue weighted by atomic mass is 9.93. The summed E-state index contributed by atoms with van der Waals surface area (Å²) in [6.45, 7) is 2.13. The minimum absolute atomic E-state index is 0.116. The van der Waals surface area contributed by atoms with Gasteiger partial charge in [-0.25, -0.2) is 0 Å². The van der Waals surface area contributed by atoms with Gasteiger partial charge in [0.15, 0.2) is 0 Å². The number of rotatable bonds is 1. The molecule has 3 rings (SSSR count). The number of hydrogen-bond acceptors (Lipinski definition) is 3. The van der Waals surface area contributed by atoms with Gasteiger partial charge in [-0.2, -0.15) is 0 Å². The zero-order valence-corrected chi connectivity index (χ0v) is 10.8. The van der Waals surface area contributed by atoms with Crippen LogP contribution in [0.3, 0.4) is 0 Å².